The molecule has 4 heteroatoms. The molecule has 0 bridgehead atoms. The molecule has 0 aromatic rings. The number of rotatable bonds is 6. The zero-order chi connectivity index (χ0) is 14.5. The molecule has 0 spiro atoms. The number of nitrogens with zero attached hydrogens (tertiary/aromatic N) is 1. The topological polar surface area (TPSA) is 58.4 Å². The number of hydrogen-bond donors (Lipinski definition) is 2. The highest BCUT2D eigenvalue weighted by Gasteiger charge is 2.20. The summed E-state index contributed by atoms with van der Waals surface area (Å²) in [6.07, 6.45) is 3.89. The fourth-order valence-corrected chi connectivity index (χ4v) is 2.83. The second-order valence-electron chi connectivity index (χ2n) is 7.21. The summed E-state index contributed by atoms with van der Waals surface area (Å²) < 4.78 is 0. The molecule has 0 aliphatic carbocycles. The molecule has 1 saturated heterocycles. The van der Waals surface area contributed by atoms with Crippen LogP contribution in [0.15, 0.2) is 0 Å². The van der Waals surface area contributed by atoms with Crippen LogP contribution in [0.2, 0.25) is 0 Å². The molecular formula is C15H31N3O. The monoisotopic (exact) mass is 269 g/mol. The molecule has 1 aliphatic heterocycles. The number of likely N-dealkylation sites (tertiary alicyclic amines) is 1. The summed E-state index contributed by atoms with van der Waals surface area (Å²) in [6.45, 7) is 11.8. The first-order valence-electron chi connectivity index (χ1n) is 7.53. The minimum Gasteiger partial charge on any atom is -0.352 e. The number of carbonyl (C=O) groups is 1. The maximum Gasteiger partial charge on any atom is 0.221 e. The van der Waals surface area contributed by atoms with Crippen LogP contribution >= 0.6 is 0 Å². The van der Waals surface area contributed by atoms with Crippen molar-refractivity contribution in [1.29, 1.82) is 0 Å². The van der Waals surface area contributed by atoms with Crippen LogP contribution in [-0.4, -0.2) is 42.5 Å². The number of nitrogens with two attached hydrogens (primary N) is 1. The van der Waals surface area contributed by atoms with E-state index < -0.39 is 0 Å². The number of amides is 1. The van der Waals surface area contributed by atoms with Crippen molar-refractivity contribution in [1.82, 2.24) is 10.2 Å². The van der Waals surface area contributed by atoms with E-state index in [-0.39, 0.29) is 23.4 Å². The van der Waals surface area contributed by atoms with Crippen LogP contribution in [0.1, 0.15) is 53.4 Å². The average molecular weight is 269 g/mol. The molecule has 2 unspecified atom stereocenters. The molecule has 112 valence electrons. The predicted molar refractivity (Wildman–Crippen MR) is 79.9 cm³/mol. The van der Waals surface area contributed by atoms with Gasteiger partial charge in [-0.25, -0.2) is 0 Å². The SMILES string of the molecule is CC(CN1CCCC1)NC(=O)CC(N)CC(C)(C)C. The van der Waals surface area contributed by atoms with E-state index in [9.17, 15) is 4.79 Å². The van der Waals surface area contributed by atoms with Crippen LogP contribution < -0.4 is 11.1 Å². The van der Waals surface area contributed by atoms with Gasteiger partial charge in [0.1, 0.15) is 0 Å². The number of hydrogen-bond acceptors (Lipinski definition) is 3. The summed E-state index contributed by atoms with van der Waals surface area (Å²) in [5, 5.41) is 3.06. The predicted octanol–water partition coefficient (Wildman–Crippen LogP) is 1.74. The zero-order valence-electron chi connectivity index (χ0n) is 13.0. The van der Waals surface area contributed by atoms with Crippen molar-refractivity contribution in [3.8, 4) is 0 Å². The fraction of sp³-hybridized carbons (Fsp3) is 0.933. The third-order valence-corrected chi connectivity index (χ3v) is 3.46. The maximum atomic E-state index is 11.9. The lowest BCUT2D eigenvalue weighted by molar-refractivity contribution is -0.122. The van der Waals surface area contributed by atoms with Crippen LogP contribution in [0.5, 0.6) is 0 Å². The molecule has 0 aromatic heterocycles. The standard InChI is InChI=1S/C15H31N3O/c1-12(11-18-7-5-6-8-18)17-14(19)9-13(16)10-15(2,3)4/h12-13H,5-11,16H2,1-4H3,(H,17,19). The molecule has 19 heavy (non-hydrogen) atoms. The first-order chi connectivity index (χ1) is 8.76. The van der Waals surface area contributed by atoms with Gasteiger partial charge in [-0.15, -0.1) is 0 Å². The second kappa shape index (κ2) is 7.25. The Morgan fingerprint density at radius 3 is 2.42 bits per heavy atom. The van der Waals surface area contributed by atoms with E-state index in [2.05, 4.69) is 37.9 Å². The Labute approximate surface area is 118 Å². The molecule has 1 rings (SSSR count). The average Bonchev–Trinajstić information content (AvgIpc) is 2.65. The lowest BCUT2D eigenvalue weighted by Gasteiger charge is -2.24. The van der Waals surface area contributed by atoms with Crippen LogP contribution in [0.4, 0.5) is 0 Å². The molecule has 0 saturated carbocycles. The van der Waals surface area contributed by atoms with Gasteiger partial charge in [-0.2, -0.15) is 0 Å². The van der Waals surface area contributed by atoms with Crippen molar-refractivity contribution in [3.63, 3.8) is 0 Å². The summed E-state index contributed by atoms with van der Waals surface area (Å²) in [5.74, 6) is 0.0865. The van der Waals surface area contributed by atoms with E-state index in [4.69, 9.17) is 5.73 Å². The molecule has 0 radical (unpaired) electrons. The van der Waals surface area contributed by atoms with E-state index >= 15 is 0 Å². The summed E-state index contributed by atoms with van der Waals surface area (Å²) >= 11 is 0. The second-order valence-corrected chi connectivity index (χ2v) is 7.21. The third kappa shape index (κ3) is 7.53. The summed E-state index contributed by atoms with van der Waals surface area (Å²) in [5.41, 5.74) is 6.21. The van der Waals surface area contributed by atoms with Crippen LogP contribution in [0.3, 0.4) is 0 Å². The van der Waals surface area contributed by atoms with Gasteiger partial charge in [0, 0.05) is 25.0 Å². The first-order valence-corrected chi connectivity index (χ1v) is 7.53. The minimum atomic E-state index is -0.0426. The van der Waals surface area contributed by atoms with Crippen molar-refractivity contribution >= 4 is 5.91 Å². The van der Waals surface area contributed by atoms with Crippen LogP contribution in [-0.2, 0) is 4.79 Å². The molecule has 1 fully saturated rings. The Morgan fingerprint density at radius 2 is 1.89 bits per heavy atom. The van der Waals surface area contributed by atoms with E-state index in [1.165, 1.54) is 25.9 Å². The molecule has 4 nitrogen and oxygen atoms in total. The van der Waals surface area contributed by atoms with Crippen molar-refractivity contribution in [2.75, 3.05) is 19.6 Å². The third-order valence-electron chi connectivity index (χ3n) is 3.46. The molecular weight excluding hydrogens is 238 g/mol. The van der Waals surface area contributed by atoms with Crippen molar-refractivity contribution < 1.29 is 4.79 Å². The summed E-state index contributed by atoms with van der Waals surface area (Å²) in [4.78, 5) is 14.3. The highest BCUT2D eigenvalue weighted by atomic mass is 16.1. The highest BCUT2D eigenvalue weighted by Crippen LogP contribution is 2.20. The molecule has 1 amide bonds. The maximum absolute atomic E-state index is 11.9. The Hall–Kier alpha value is -0.610. The minimum absolute atomic E-state index is 0.0426. The van der Waals surface area contributed by atoms with Crippen LogP contribution in [0, 0.1) is 5.41 Å². The Morgan fingerprint density at radius 1 is 1.32 bits per heavy atom. The lowest BCUT2D eigenvalue weighted by atomic mass is 9.87. The highest BCUT2D eigenvalue weighted by molar-refractivity contribution is 5.76. The molecule has 1 heterocycles. The number of nitrogens with one attached hydrogen (secondary N) is 1. The van der Waals surface area contributed by atoms with Crippen LogP contribution in [0.25, 0.3) is 0 Å². The van der Waals surface area contributed by atoms with E-state index in [0.29, 0.717) is 6.42 Å². The van der Waals surface area contributed by atoms with Gasteiger partial charge in [-0.05, 0) is 44.7 Å². The van der Waals surface area contributed by atoms with Gasteiger partial charge < -0.3 is 16.0 Å². The quantitative estimate of drug-likeness (QED) is 0.772. The molecule has 0 aromatic carbocycles. The number of carbonyl (C=O) groups excluding carboxylic acids is 1. The Balaban J connectivity index is 2.22. The van der Waals surface area contributed by atoms with Gasteiger partial charge in [0.2, 0.25) is 5.91 Å². The van der Waals surface area contributed by atoms with E-state index in [1.807, 2.05) is 0 Å². The van der Waals surface area contributed by atoms with Gasteiger partial charge in [-0.1, -0.05) is 20.8 Å². The van der Waals surface area contributed by atoms with E-state index in [0.717, 1.165) is 13.0 Å². The van der Waals surface area contributed by atoms with Gasteiger partial charge >= 0.3 is 0 Å². The lowest BCUT2D eigenvalue weighted by Crippen LogP contribution is -2.43. The Kier molecular flexibility index (Phi) is 6.27. The Bertz CT molecular complexity index is 280. The van der Waals surface area contributed by atoms with Gasteiger partial charge in [0.15, 0.2) is 0 Å². The summed E-state index contributed by atoms with van der Waals surface area (Å²) in [6, 6.07) is 0.173. The zero-order valence-corrected chi connectivity index (χ0v) is 13.0. The molecule has 2 atom stereocenters. The van der Waals surface area contributed by atoms with Crippen molar-refractivity contribution in [3.05, 3.63) is 0 Å². The smallest absolute Gasteiger partial charge is 0.221 e. The van der Waals surface area contributed by atoms with Gasteiger partial charge in [0.05, 0.1) is 0 Å². The van der Waals surface area contributed by atoms with Gasteiger partial charge in [0.25, 0.3) is 0 Å². The van der Waals surface area contributed by atoms with Gasteiger partial charge in [-0.3, -0.25) is 4.79 Å². The van der Waals surface area contributed by atoms with E-state index in [1.54, 1.807) is 0 Å². The fourth-order valence-electron chi connectivity index (χ4n) is 2.83. The first kappa shape index (κ1) is 16.4. The summed E-state index contributed by atoms with van der Waals surface area (Å²) in [7, 11) is 0. The molecule has 1 aliphatic rings. The van der Waals surface area contributed by atoms with Crippen molar-refractivity contribution in [2.45, 2.75) is 65.5 Å². The normalized spacial score (nSPS) is 20.3. The van der Waals surface area contributed by atoms with Crippen molar-refractivity contribution in [2.24, 2.45) is 11.1 Å². The molecule has 3 N–H and O–H groups in total. The largest absolute Gasteiger partial charge is 0.352 e.